The molecule has 0 amide bonds. The Balaban J connectivity index is 1.78. The molecule has 1 aromatic heterocycles. The van der Waals surface area contributed by atoms with Crippen LogP contribution in [0.3, 0.4) is 0 Å². The van der Waals surface area contributed by atoms with Gasteiger partial charge >= 0.3 is 0 Å². The maximum Gasteiger partial charge on any atom is 0.204 e. The highest BCUT2D eigenvalue weighted by Crippen LogP contribution is 2.40. The van der Waals surface area contributed by atoms with Gasteiger partial charge in [-0.2, -0.15) is 0 Å². The van der Waals surface area contributed by atoms with Gasteiger partial charge in [0.25, 0.3) is 0 Å². The molecule has 2 aromatic carbocycles. The van der Waals surface area contributed by atoms with Crippen LogP contribution in [0.25, 0.3) is 0 Å². The lowest BCUT2D eigenvalue weighted by Gasteiger charge is -2.29. The molecule has 0 fully saturated rings. The molecule has 4 heteroatoms. The molecule has 3 rings (SSSR count). The summed E-state index contributed by atoms with van der Waals surface area (Å²) in [6.45, 7) is 13.2. The van der Waals surface area contributed by atoms with Gasteiger partial charge in [0.15, 0.2) is 0 Å². The number of aliphatic hydroxyl groups is 1. The Morgan fingerprint density at radius 2 is 1.73 bits per heavy atom. The number of oxazole rings is 1. The van der Waals surface area contributed by atoms with Crippen molar-refractivity contribution in [2.45, 2.75) is 85.4 Å². The molecule has 0 aliphatic carbocycles. The predicted molar refractivity (Wildman–Crippen MR) is 134 cm³/mol. The molecule has 0 spiro atoms. The van der Waals surface area contributed by atoms with Crippen molar-refractivity contribution >= 4 is 0 Å². The van der Waals surface area contributed by atoms with E-state index in [0.717, 1.165) is 41.3 Å². The summed E-state index contributed by atoms with van der Waals surface area (Å²) < 4.78 is 12.1. The minimum Gasteiger partial charge on any atom is -0.489 e. The maximum atomic E-state index is 10.4. The molecule has 178 valence electrons. The highest BCUT2D eigenvalue weighted by Gasteiger charge is 2.36. The van der Waals surface area contributed by atoms with E-state index < -0.39 is 0 Å². The van der Waals surface area contributed by atoms with Crippen LogP contribution in [0, 0.1) is 12.3 Å². The van der Waals surface area contributed by atoms with Crippen molar-refractivity contribution in [1.29, 1.82) is 0 Å². The fourth-order valence-electron chi connectivity index (χ4n) is 4.29. The third-order valence-corrected chi connectivity index (χ3v) is 6.81. The van der Waals surface area contributed by atoms with Gasteiger partial charge in [-0.05, 0) is 60.8 Å². The van der Waals surface area contributed by atoms with Crippen LogP contribution in [0.2, 0.25) is 0 Å². The molecular weight excluding hydrogens is 410 g/mol. The SMILES string of the molecule is CCC(CC)(c1ccc(OCc2ccccc2)c(C)c1)c1nc(CCC(O)C(C)(C)C)co1. The van der Waals surface area contributed by atoms with Crippen molar-refractivity contribution in [1.82, 2.24) is 4.98 Å². The number of aliphatic hydroxyl groups excluding tert-OH is 1. The summed E-state index contributed by atoms with van der Waals surface area (Å²) in [5.74, 6) is 1.65. The van der Waals surface area contributed by atoms with Crippen molar-refractivity contribution in [2.75, 3.05) is 0 Å². The summed E-state index contributed by atoms with van der Waals surface area (Å²) in [5.41, 5.74) is 3.93. The quantitative estimate of drug-likeness (QED) is 0.362. The second-order valence-electron chi connectivity index (χ2n) is 10.1. The van der Waals surface area contributed by atoms with Gasteiger partial charge in [-0.1, -0.05) is 77.1 Å². The van der Waals surface area contributed by atoms with Crippen LogP contribution >= 0.6 is 0 Å². The van der Waals surface area contributed by atoms with Crippen LogP contribution in [0.5, 0.6) is 5.75 Å². The van der Waals surface area contributed by atoms with Crippen LogP contribution < -0.4 is 4.74 Å². The smallest absolute Gasteiger partial charge is 0.204 e. The number of ether oxygens (including phenoxy) is 1. The number of hydrogen-bond acceptors (Lipinski definition) is 4. The van der Waals surface area contributed by atoms with Crippen molar-refractivity contribution in [3.63, 3.8) is 0 Å². The molecule has 1 N–H and O–H groups in total. The Kier molecular flexibility index (Phi) is 8.01. The lowest BCUT2D eigenvalue weighted by molar-refractivity contribution is 0.0558. The van der Waals surface area contributed by atoms with Crippen molar-refractivity contribution in [3.8, 4) is 5.75 Å². The van der Waals surface area contributed by atoms with Crippen LogP contribution in [-0.4, -0.2) is 16.2 Å². The van der Waals surface area contributed by atoms with E-state index in [0.29, 0.717) is 19.4 Å². The molecule has 1 unspecified atom stereocenters. The zero-order valence-corrected chi connectivity index (χ0v) is 21.0. The molecule has 0 bridgehead atoms. The van der Waals surface area contributed by atoms with E-state index in [2.05, 4.69) is 71.9 Å². The van der Waals surface area contributed by atoms with E-state index >= 15 is 0 Å². The first kappa shape index (κ1) is 25.0. The molecule has 0 saturated carbocycles. The minimum absolute atomic E-state index is 0.134. The Morgan fingerprint density at radius 3 is 2.33 bits per heavy atom. The molecular formula is C29H39NO3. The van der Waals surface area contributed by atoms with Gasteiger partial charge in [0, 0.05) is 0 Å². The molecule has 1 atom stereocenters. The van der Waals surface area contributed by atoms with Gasteiger partial charge in [0.05, 0.1) is 17.2 Å². The lowest BCUT2D eigenvalue weighted by Crippen LogP contribution is -2.27. The number of hydrogen-bond donors (Lipinski definition) is 1. The van der Waals surface area contributed by atoms with E-state index in [9.17, 15) is 5.11 Å². The summed E-state index contributed by atoms with van der Waals surface area (Å²) in [5, 5.41) is 10.4. The number of benzene rings is 2. The molecule has 0 saturated heterocycles. The van der Waals surface area contributed by atoms with Gasteiger partial charge in [-0.3, -0.25) is 0 Å². The predicted octanol–water partition coefficient (Wildman–Crippen LogP) is 7.01. The first-order valence-electron chi connectivity index (χ1n) is 12.1. The highest BCUT2D eigenvalue weighted by molar-refractivity contribution is 5.42. The normalized spacial score (nSPS) is 13.2. The van der Waals surface area contributed by atoms with Crippen LogP contribution in [0.4, 0.5) is 0 Å². The number of aryl methyl sites for hydroxylation is 2. The standard InChI is InChI=1S/C29H39NO3/c1-7-29(8-2,27-30-24(20-33-27)15-17-26(31)28(4,5)6)23-14-16-25(21(3)18-23)32-19-22-12-10-9-11-13-22/h9-14,16,18,20,26,31H,7-8,15,17,19H2,1-6H3. The summed E-state index contributed by atoms with van der Waals surface area (Å²) in [4.78, 5) is 4.87. The van der Waals surface area contributed by atoms with Crippen LogP contribution in [0.15, 0.2) is 59.2 Å². The van der Waals surface area contributed by atoms with Crippen molar-refractivity contribution in [2.24, 2.45) is 5.41 Å². The van der Waals surface area contributed by atoms with E-state index in [1.165, 1.54) is 5.56 Å². The van der Waals surface area contributed by atoms with Crippen LogP contribution in [0.1, 0.15) is 82.2 Å². The maximum absolute atomic E-state index is 10.4. The largest absolute Gasteiger partial charge is 0.489 e. The lowest BCUT2D eigenvalue weighted by atomic mass is 9.75. The summed E-state index contributed by atoms with van der Waals surface area (Å²) in [6.07, 6.45) is 4.54. The molecule has 3 aromatic rings. The number of aromatic nitrogens is 1. The van der Waals surface area contributed by atoms with Gasteiger partial charge in [0.1, 0.15) is 18.6 Å². The average Bonchev–Trinajstić information content (AvgIpc) is 3.27. The zero-order chi connectivity index (χ0) is 24.1. The first-order valence-corrected chi connectivity index (χ1v) is 12.1. The van der Waals surface area contributed by atoms with Gasteiger partial charge in [0.2, 0.25) is 5.89 Å². The fourth-order valence-corrected chi connectivity index (χ4v) is 4.29. The summed E-state index contributed by atoms with van der Waals surface area (Å²) in [7, 11) is 0. The Bertz CT molecular complexity index is 1010. The number of rotatable bonds is 10. The second kappa shape index (κ2) is 10.6. The van der Waals surface area contributed by atoms with E-state index in [-0.39, 0.29) is 16.9 Å². The second-order valence-corrected chi connectivity index (χ2v) is 10.1. The van der Waals surface area contributed by atoms with E-state index in [1.807, 2.05) is 18.2 Å². The molecule has 0 aliphatic heterocycles. The average molecular weight is 450 g/mol. The fraction of sp³-hybridized carbons (Fsp3) is 0.483. The zero-order valence-electron chi connectivity index (χ0n) is 21.0. The Hall–Kier alpha value is -2.59. The third kappa shape index (κ3) is 5.86. The third-order valence-electron chi connectivity index (χ3n) is 6.81. The molecule has 0 aliphatic rings. The summed E-state index contributed by atoms with van der Waals surface area (Å²) in [6, 6.07) is 16.6. The highest BCUT2D eigenvalue weighted by atomic mass is 16.5. The topological polar surface area (TPSA) is 55.5 Å². The van der Waals surface area contributed by atoms with Crippen molar-refractivity contribution in [3.05, 3.63) is 83.1 Å². The molecule has 4 nitrogen and oxygen atoms in total. The molecule has 0 radical (unpaired) electrons. The van der Waals surface area contributed by atoms with E-state index in [4.69, 9.17) is 14.1 Å². The van der Waals surface area contributed by atoms with Crippen LogP contribution in [-0.2, 0) is 18.4 Å². The minimum atomic E-state index is -0.370. The number of nitrogens with zero attached hydrogens (tertiary/aromatic N) is 1. The Morgan fingerprint density at radius 1 is 1.03 bits per heavy atom. The molecule has 1 heterocycles. The van der Waals surface area contributed by atoms with E-state index in [1.54, 1.807) is 6.26 Å². The first-order chi connectivity index (χ1) is 15.7. The van der Waals surface area contributed by atoms with Crippen molar-refractivity contribution < 1.29 is 14.3 Å². The van der Waals surface area contributed by atoms with Gasteiger partial charge < -0.3 is 14.3 Å². The Labute approximate surface area is 199 Å². The van der Waals surface area contributed by atoms with Gasteiger partial charge in [-0.15, -0.1) is 0 Å². The monoisotopic (exact) mass is 449 g/mol. The summed E-state index contributed by atoms with van der Waals surface area (Å²) >= 11 is 0. The molecule has 33 heavy (non-hydrogen) atoms. The van der Waals surface area contributed by atoms with Gasteiger partial charge in [-0.25, -0.2) is 4.98 Å².